The minimum Gasteiger partial charge on any atom is -0.294 e. The second-order valence-corrected chi connectivity index (χ2v) is 6.80. The Bertz CT molecular complexity index is 349. The number of alkyl halides is 1. The number of allylic oxidation sites excluding steroid dienone is 2. The molecule has 2 heteroatoms. The van der Waals surface area contributed by atoms with Crippen molar-refractivity contribution >= 4 is 0 Å². The van der Waals surface area contributed by atoms with Gasteiger partial charge in [0, 0.05) is 30.5 Å². The van der Waals surface area contributed by atoms with E-state index in [-0.39, 0.29) is 17.9 Å². The molecule has 1 nitrogen and oxygen atoms in total. The second-order valence-electron chi connectivity index (χ2n) is 6.80. The normalized spacial score (nSPS) is 48.6. The first-order valence-corrected chi connectivity index (χ1v) is 7.09. The number of halogens is 1. The lowest BCUT2D eigenvalue weighted by molar-refractivity contribution is 0.0178. The maximum atomic E-state index is 15.6. The van der Waals surface area contributed by atoms with Gasteiger partial charge in [0.1, 0.15) is 5.67 Å². The molecule has 3 rings (SSSR count). The lowest BCUT2D eigenvalue weighted by atomic mass is 9.75. The van der Waals surface area contributed by atoms with Crippen molar-refractivity contribution in [3.8, 4) is 0 Å². The molecule has 1 heterocycles. The number of hydrogen-bond acceptors (Lipinski definition) is 1. The van der Waals surface area contributed by atoms with Crippen LogP contribution in [0.1, 0.15) is 34.1 Å². The quantitative estimate of drug-likeness (QED) is 0.666. The van der Waals surface area contributed by atoms with Crippen LogP contribution in [0, 0.1) is 23.7 Å². The summed E-state index contributed by atoms with van der Waals surface area (Å²) in [6.07, 6.45) is 5.49. The summed E-state index contributed by atoms with van der Waals surface area (Å²) >= 11 is 0. The summed E-state index contributed by atoms with van der Waals surface area (Å²) in [7, 11) is 0. The minimum absolute atomic E-state index is 0.118. The Kier molecular flexibility index (Phi) is 2.46. The van der Waals surface area contributed by atoms with E-state index in [1.165, 1.54) is 0 Å². The van der Waals surface area contributed by atoms with Crippen molar-refractivity contribution in [1.29, 1.82) is 0 Å². The van der Waals surface area contributed by atoms with Crippen LogP contribution in [-0.2, 0) is 0 Å². The molecule has 1 aliphatic heterocycles. The van der Waals surface area contributed by atoms with E-state index in [9.17, 15) is 0 Å². The van der Waals surface area contributed by atoms with Gasteiger partial charge in [0.15, 0.2) is 0 Å². The Balaban J connectivity index is 1.99. The van der Waals surface area contributed by atoms with Crippen LogP contribution in [0.2, 0.25) is 0 Å². The third-order valence-corrected chi connectivity index (χ3v) is 5.28. The smallest absolute Gasteiger partial charge is 0.137 e. The van der Waals surface area contributed by atoms with Crippen molar-refractivity contribution in [2.75, 3.05) is 6.54 Å². The molecule has 1 saturated heterocycles. The summed E-state index contributed by atoms with van der Waals surface area (Å²) in [6, 6.07) is 0.576. The van der Waals surface area contributed by atoms with Gasteiger partial charge in [-0.15, -0.1) is 0 Å². The predicted molar refractivity (Wildman–Crippen MR) is 68.5 cm³/mol. The summed E-state index contributed by atoms with van der Waals surface area (Å²) in [5.41, 5.74) is -0.947. The van der Waals surface area contributed by atoms with Crippen molar-refractivity contribution in [3.05, 3.63) is 12.2 Å². The standard InChI is InChI=1S/C15H24FN/c1-9(2)14-15(16)12-6-5-11(7-12)13(15)8-17(14)10(3)4/h5-6,9-14H,7-8H2,1-4H3. The first-order chi connectivity index (χ1) is 7.96. The highest BCUT2D eigenvalue weighted by Crippen LogP contribution is 2.60. The molecule has 1 saturated carbocycles. The minimum atomic E-state index is -0.947. The molecule has 2 bridgehead atoms. The van der Waals surface area contributed by atoms with Crippen LogP contribution in [0.5, 0.6) is 0 Å². The van der Waals surface area contributed by atoms with Crippen molar-refractivity contribution in [2.45, 2.75) is 51.9 Å². The molecule has 0 N–H and O–H groups in total. The molecule has 3 aliphatic rings. The van der Waals surface area contributed by atoms with Crippen molar-refractivity contribution in [3.63, 3.8) is 0 Å². The number of fused-ring (bicyclic) bond motifs is 5. The van der Waals surface area contributed by atoms with E-state index in [0.717, 1.165) is 13.0 Å². The van der Waals surface area contributed by atoms with Gasteiger partial charge in [0.25, 0.3) is 0 Å². The van der Waals surface area contributed by atoms with Crippen molar-refractivity contribution in [1.82, 2.24) is 4.90 Å². The zero-order valence-corrected chi connectivity index (χ0v) is 11.4. The average Bonchev–Trinajstić information content (AvgIpc) is 2.83. The van der Waals surface area contributed by atoms with E-state index in [1.807, 2.05) is 0 Å². The van der Waals surface area contributed by atoms with Gasteiger partial charge in [-0.3, -0.25) is 4.90 Å². The van der Waals surface area contributed by atoms with E-state index in [2.05, 4.69) is 44.7 Å². The van der Waals surface area contributed by atoms with Gasteiger partial charge < -0.3 is 0 Å². The monoisotopic (exact) mass is 237 g/mol. The van der Waals surface area contributed by atoms with Crippen LogP contribution in [0.25, 0.3) is 0 Å². The molecule has 2 fully saturated rings. The Hall–Kier alpha value is -0.370. The van der Waals surface area contributed by atoms with Gasteiger partial charge in [-0.2, -0.15) is 0 Å². The first kappa shape index (κ1) is 11.7. The summed E-state index contributed by atoms with van der Waals surface area (Å²) < 4.78 is 15.6. The van der Waals surface area contributed by atoms with Gasteiger partial charge in [0.2, 0.25) is 0 Å². The fourth-order valence-corrected chi connectivity index (χ4v) is 4.69. The number of rotatable bonds is 2. The maximum absolute atomic E-state index is 15.6. The first-order valence-electron chi connectivity index (χ1n) is 7.09. The number of likely N-dealkylation sites (tertiary alicyclic amines) is 1. The zero-order chi connectivity index (χ0) is 12.4. The summed E-state index contributed by atoms with van der Waals surface area (Å²) in [5, 5.41) is 0. The van der Waals surface area contributed by atoms with Crippen LogP contribution < -0.4 is 0 Å². The van der Waals surface area contributed by atoms with E-state index in [0.29, 0.717) is 17.9 Å². The third kappa shape index (κ3) is 1.34. The average molecular weight is 237 g/mol. The van der Waals surface area contributed by atoms with E-state index >= 15 is 4.39 Å². The largest absolute Gasteiger partial charge is 0.294 e. The van der Waals surface area contributed by atoms with E-state index in [1.54, 1.807) is 0 Å². The Morgan fingerprint density at radius 1 is 1.24 bits per heavy atom. The van der Waals surface area contributed by atoms with Crippen molar-refractivity contribution < 1.29 is 4.39 Å². The molecule has 0 aromatic rings. The van der Waals surface area contributed by atoms with Crippen molar-refractivity contribution in [2.24, 2.45) is 23.7 Å². The van der Waals surface area contributed by atoms with Crippen LogP contribution in [0.4, 0.5) is 4.39 Å². The SMILES string of the molecule is CC(C)C1N(C(C)C)CC2C3C=CC(C3)C21F. The number of nitrogens with zero attached hydrogens (tertiary/aromatic N) is 1. The molecule has 0 radical (unpaired) electrons. The van der Waals surface area contributed by atoms with Gasteiger partial charge in [0.05, 0.1) is 0 Å². The molecular formula is C15H24FN. The van der Waals surface area contributed by atoms with Crippen LogP contribution in [0.3, 0.4) is 0 Å². The Labute approximate surface area is 104 Å². The molecule has 0 aromatic heterocycles. The molecular weight excluding hydrogens is 213 g/mol. The summed E-state index contributed by atoms with van der Waals surface area (Å²) in [6.45, 7) is 9.73. The Morgan fingerprint density at radius 2 is 1.94 bits per heavy atom. The molecule has 96 valence electrons. The number of hydrogen-bond donors (Lipinski definition) is 0. The van der Waals surface area contributed by atoms with E-state index in [4.69, 9.17) is 0 Å². The third-order valence-electron chi connectivity index (χ3n) is 5.28. The van der Waals surface area contributed by atoms with Gasteiger partial charge >= 0.3 is 0 Å². The molecule has 5 atom stereocenters. The zero-order valence-electron chi connectivity index (χ0n) is 11.4. The molecule has 2 aliphatic carbocycles. The second kappa shape index (κ2) is 3.57. The lowest BCUT2D eigenvalue weighted by Gasteiger charge is -2.39. The lowest BCUT2D eigenvalue weighted by Crippen LogP contribution is -2.51. The Morgan fingerprint density at radius 3 is 2.53 bits per heavy atom. The van der Waals surface area contributed by atoms with Gasteiger partial charge in [-0.05, 0) is 32.1 Å². The molecule has 17 heavy (non-hydrogen) atoms. The van der Waals surface area contributed by atoms with Crippen LogP contribution >= 0.6 is 0 Å². The van der Waals surface area contributed by atoms with Crippen LogP contribution in [0.15, 0.2) is 12.2 Å². The van der Waals surface area contributed by atoms with Gasteiger partial charge in [-0.1, -0.05) is 26.0 Å². The topological polar surface area (TPSA) is 3.24 Å². The van der Waals surface area contributed by atoms with E-state index < -0.39 is 5.67 Å². The van der Waals surface area contributed by atoms with Crippen LogP contribution in [-0.4, -0.2) is 29.2 Å². The fourth-order valence-electron chi connectivity index (χ4n) is 4.69. The predicted octanol–water partition coefficient (Wildman–Crippen LogP) is 3.27. The highest BCUT2D eigenvalue weighted by atomic mass is 19.1. The summed E-state index contributed by atoms with van der Waals surface area (Å²) in [5.74, 6) is 1.36. The molecule has 5 unspecified atom stereocenters. The molecule has 0 aromatic carbocycles. The molecule has 0 spiro atoms. The van der Waals surface area contributed by atoms with Gasteiger partial charge in [-0.25, -0.2) is 4.39 Å². The highest BCUT2D eigenvalue weighted by Gasteiger charge is 2.66. The fraction of sp³-hybridized carbons (Fsp3) is 0.867. The maximum Gasteiger partial charge on any atom is 0.137 e. The molecule has 0 amide bonds. The highest BCUT2D eigenvalue weighted by molar-refractivity contribution is 5.27. The summed E-state index contributed by atoms with van der Waals surface area (Å²) in [4.78, 5) is 2.42.